The minimum Gasteiger partial charge on any atom is -0.493 e. The van der Waals surface area contributed by atoms with E-state index in [0.717, 1.165) is 0 Å². The first-order valence-corrected chi connectivity index (χ1v) is 9.06. The third kappa shape index (κ3) is 5.36. The zero-order valence-electron chi connectivity index (χ0n) is 16.1. The van der Waals surface area contributed by atoms with Gasteiger partial charge >= 0.3 is 0 Å². The summed E-state index contributed by atoms with van der Waals surface area (Å²) in [5, 5.41) is 2.89. The number of benzene rings is 1. The standard InChI is InChI=1S/C19H29N3O4/c1-5-26-16-7-6-15(12-17(16)25-4)19(24)22-10-8-21(9-11-22)13-18(23)20-14(2)3/h6-7,12,14H,5,8-11,13H2,1-4H3,(H,20,23). The monoisotopic (exact) mass is 363 g/mol. The minimum absolute atomic E-state index is 0.0241. The van der Waals surface area contributed by atoms with Crippen LogP contribution in [0, 0.1) is 0 Å². The third-order valence-corrected chi connectivity index (χ3v) is 4.19. The van der Waals surface area contributed by atoms with Crippen LogP contribution in [0.3, 0.4) is 0 Å². The fraction of sp³-hybridized carbons (Fsp3) is 0.579. The van der Waals surface area contributed by atoms with Gasteiger partial charge in [-0.15, -0.1) is 0 Å². The van der Waals surface area contributed by atoms with E-state index in [0.29, 0.717) is 56.4 Å². The largest absolute Gasteiger partial charge is 0.493 e. The number of hydrogen-bond donors (Lipinski definition) is 1. The van der Waals surface area contributed by atoms with E-state index < -0.39 is 0 Å². The van der Waals surface area contributed by atoms with Crippen molar-refractivity contribution >= 4 is 11.8 Å². The number of nitrogens with zero attached hydrogens (tertiary/aromatic N) is 2. The molecule has 144 valence electrons. The number of ether oxygens (including phenoxy) is 2. The number of carbonyl (C=O) groups is 2. The summed E-state index contributed by atoms with van der Waals surface area (Å²) in [5.74, 6) is 1.18. The van der Waals surface area contributed by atoms with Crippen molar-refractivity contribution in [3.63, 3.8) is 0 Å². The lowest BCUT2D eigenvalue weighted by Gasteiger charge is -2.34. The van der Waals surface area contributed by atoms with Crippen LogP contribution in [-0.4, -0.2) is 74.1 Å². The Hall–Kier alpha value is -2.28. The summed E-state index contributed by atoms with van der Waals surface area (Å²) < 4.78 is 10.8. The molecule has 0 aliphatic carbocycles. The molecule has 1 aromatic rings. The molecule has 7 nitrogen and oxygen atoms in total. The zero-order chi connectivity index (χ0) is 19.1. The Morgan fingerprint density at radius 2 is 1.85 bits per heavy atom. The van der Waals surface area contributed by atoms with Gasteiger partial charge in [0.15, 0.2) is 11.5 Å². The van der Waals surface area contributed by atoms with Gasteiger partial charge in [0, 0.05) is 37.8 Å². The Balaban J connectivity index is 1.93. The Kier molecular flexibility index (Phi) is 7.26. The van der Waals surface area contributed by atoms with Gasteiger partial charge in [0.25, 0.3) is 5.91 Å². The van der Waals surface area contributed by atoms with Crippen LogP contribution in [0.15, 0.2) is 18.2 Å². The lowest BCUT2D eigenvalue weighted by molar-refractivity contribution is -0.123. The van der Waals surface area contributed by atoms with Crippen molar-refractivity contribution in [2.75, 3.05) is 46.4 Å². The molecule has 0 spiro atoms. The van der Waals surface area contributed by atoms with E-state index in [1.807, 2.05) is 25.7 Å². The van der Waals surface area contributed by atoms with Crippen LogP contribution in [0.5, 0.6) is 11.5 Å². The number of rotatable bonds is 7. The second kappa shape index (κ2) is 9.43. The molecule has 0 saturated carbocycles. The lowest BCUT2D eigenvalue weighted by atomic mass is 10.1. The number of hydrogen-bond acceptors (Lipinski definition) is 5. The van der Waals surface area contributed by atoms with Crippen molar-refractivity contribution in [3.8, 4) is 11.5 Å². The molecule has 1 N–H and O–H groups in total. The lowest BCUT2D eigenvalue weighted by Crippen LogP contribution is -2.51. The van der Waals surface area contributed by atoms with Gasteiger partial charge in [0.1, 0.15) is 0 Å². The number of amides is 2. The minimum atomic E-state index is -0.0300. The number of piperazine rings is 1. The molecule has 1 aliphatic rings. The molecule has 1 heterocycles. The number of methoxy groups -OCH3 is 1. The quantitative estimate of drug-likeness (QED) is 0.792. The molecule has 0 aromatic heterocycles. The van der Waals surface area contributed by atoms with Crippen LogP contribution in [-0.2, 0) is 4.79 Å². The van der Waals surface area contributed by atoms with E-state index in [2.05, 4.69) is 10.2 Å². The average Bonchev–Trinajstić information content (AvgIpc) is 2.61. The van der Waals surface area contributed by atoms with Gasteiger partial charge in [0.05, 0.1) is 20.3 Å². The van der Waals surface area contributed by atoms with Gasteiger partial charge in [-0.3, -0.25) is 14.5 Å². The molecule has 0 bridgehead atoms. The summed E-state index contributed by atoms with van der Waals surface area (Å²) in [7, 11) is 1.56. The molecule has 2 amide bonds. The fourth-order valence-corrected chi connectivity index (χ4v) is 2.94. The first kappa shape index (κ1) is 20.0. The van der Waals surface area contributed by atoms with Crippen molar-refractivity contribution in [1.82, 2.24) is 15.1 Å². The topological polar surface area (TPSA) is 71.1 Å². The highest BCUT2D eigenvalue weighted by Crippen LogP contribution is 2.28. The second-order valence-electron chi connectivity index (χ2n) is 6.59. The van der Waals surface area contributed by atoms with Crippen molar-refractivity contribution < 1.29 is 19.1 Å². The molecule has 1 saturated heterocycles. The first-order valence-electron chi connectivity index (χ1n) is 9.06. The van der Waals surface area contributed by atoms with Crippen LogP contribution in [0.1, 0.15) is 31.1 Å². The molecule has 0 atom stereocenters. The van der Waals surface area contributed by atoms with E-state index in [-0.39, 0.29) is 17.9 Å². The third-order valence-electron chi connectivity index (χ3n) is 4.19. The van der Waals surface area contributed by atoms with Crippen molar-refractivity contribution in [2.24, 2.45) is 0 Å². The van der Waals surface area contributed by atoms with Gasteiger partial charge in [-0.1, -0.05) is 0 Å². The van der Waals surface area contributed by atoms with E-state index >= 15 is 0 Å². The van der Waals surface area contributed by atoms with E-state index in [4.69, 9.17) is 9.47 Å². The van der Waals surface area contributed by atoms with Crippen LogP contribution in [0.2, 0.25) is 0 Å². The fourth-order valence-electron chi connectivity index (χ4n) is 2.94. The molecule has 0 unspecified atom stereocenters. The molecule has 2 rings (SSSR count). The Labute approximate surface area is 155 Å². The van der Waals surface area contributed by atoms with Gasteiger partial charge in [-0.05, 0) is 39.0 Å². The predicted molar refractivity (Wildman–Crippen MR) is 99.8 cm³/mol. The van der Waals surface area contributed by atoms with Crippen LogP contribution in [0.25, 0.3) is 0 Å². The maximum atomic E-state index is 12.7. The molecule has 1 aliphatic heterocycles. The molecule has 1 fully saturated rings. The van der Waals surface area contributed by atoms with Gasteiger partial charge in [-0.2, -0.15) is 0 Å². The summed E-state index contributed by atoms with van der Waals surface area (Å²) in [6.45, 7) is 9.27. The van der Waals surface area contributed by atoms with E-state index in [1.54, 1.807) is 25.3 Å². The highest BCUT2D eigenvalue weighted by molar-refractivity contribution is 5.95. The molecule has 26 heavy (non-hydrogen) atoms. The smallest absolute Gasteiger partial charge is 0.254 e. The first-order chi connectivity index (χ1) is 12.4. The maximum Gasteiger partial charge on any atom is 0.254 e. The summed E-state index contributed by atoms with van der Waals surface area (Å²) in [4.78, 5) is 28.5. The molecular weight excluding hydrogens is 334 g/mol. The molecule has 1 aromatic carbocycles. The van der Waals surface area contributed by atoms with Crippen molar-refractivity contribution in [3.05, 3.63) is 23.8 Å². The van der Waals surface area contributed by atoms with E-state index in [1.165, 1.54) is 0 Å². The Morgan fingerprint density at radius 3 is 2.42 bits per heavy atom. The molecule has 0 radical (unpaired) electrons. The highest BCUT2D eigenvalue weighted by Gasteiger charge is 2.24. The van der Waals surface area contributed by atoms with Crippen molar-refractivity contribution in [2.45, 2.75) is 26.8 Å². The van der Waals surface area contributed by atoms with Gasteiger partial charge in [-0.25, -0.2) is 0 Å². The molecule has 7 heteroatoms. The highest BCUT2D eigenvalue weighted by atomic mass is 16.5. The van der Waals surface area contributed by atoms with Crippen molar-refractivity contribution in [1.29, 1.82) is 0 Å². The summed E-state index contributed by atoms with van der Waals surface area (Å²) >= 11 is 0. The normalized spacial score (nSPS) is 15.0. The number of carbonyl (C=O) groups excluding carboxylic acids is 2. The van der Waals surface area contributed by atoms with Gasteiger partial charge in [0.2, 0.25) is 5.91 Å². The van der Waals surface area contributed by atoms with Crippen LogP contribution >= 0.6 is 0 Å². The summed E-state index contributed by atoms with van der Waals surface area (Å²) in [5.41, 5.74) is 0.580. The Morgan fingerprint density at radius 1 is 1.15 bits per heavy atom. The predicted octanol–water partition coefficient (Wildman–Crippen LogP) is 1.38. The zero-order valence-corrected chi connectivity index (χ0v) is 16.1. The molecular formula is C19H29N3O4. The SMILES string of the molecule is CCOc1ccc(C(=O)N2CCN(CC(=O)NC(C)C)CC2)cc1OC. The summed E-state index contributed by atoms with van der Waals surface area (Å²) in [6.07, 6.45) is 0. The van der Waals surface area contributed by atoms with Crippen LogP contribution < -0.4 is 14.8 Å². The Bertz CT molecular complexity index is 625. The number of nitrogens with one attached hydrogen (secondary N) is 1. The van der Waals surface area contributed by atoms with Gasteiger partial charge < -0.3 is 19.7 Å². The second-order valence-corrected chi connectivity index (χ2v) is 6.59. The summed E-state index contributed by atoms with van der Waals surface area (Å²) in [6, 6.07) is 5.39. The van der Waals surface area contributed by atoms with E-state index in [9.17, 15) is 9.59 Å². The average molecular weight is 363 g/mol. The maximum absolute atomic E-state index is 12.7. The van der Waals surface area contributed by atoms with Crippen LogP contribution in [0.4, 0.5) is 0 Å².